The van der Waals surface area contributed by atoms with E-state index in [1.165, 1.54) is 0 Å². The van der Waals surface area contributed by atoms with E-state index in [9.17, 15) is 5.11 Å². The van der Waals surface area contributed by atoms with E-state index in [1.807, 2.05) is 12.4 Å². The van der Waals surface area contributed by atoms with Gasteiger partial charge in [0.25, 0.3) is 0 Å². The zero-order valence-electron chi connectivity index (χ0n) is 6.63. The highest BCUT2D eigenvalue weighted by Gasteiger charge is 2.00. The molecule has 0 aliphatic heterocycles. The fraction of sp³-hybridized carbons (Fsp3) is 0.500. The van der Waals surface area contributed by atoms with E-state index in [0.29, 0.717) is 5.75 Å². The van der Waals surface area contributed by atoms with Crippen molar-refractivity contribution < 1.29 is 5.11 Å². The molecule has 0 fully saturated rings. The van der Waals surface area contributed by atoms with E-state index in [4.69, 9.17) is 0 Å². The van der Waals surface area contributed by atoms with Crippen LogP contribution in [0.2, 0.25) is 0 Å². The van der Waals surface area contributed by atoms with Crippen molar-refractivity contribution in [3.63, 3.8) is 0 Å². The maximum atomic E-state index is 9.24. The molecule has 1 aromatic rings. The van der Waals surface area contributed by atoms with Gasteiger partial charge in [0.1, 0.15) is 5.75 Å². The van der Waals surface area contributed by atoms with Gasteiger partial charge in [-0.1, -0.05) is 0 Å². The Morgan fingerprint density at radius 1 is 1.64 bits per heavy atom. The Bertz CT molecular complexity index is 210. The van der Waals surface area contributed by atoms with Crippen molar-refractivity contribution in [1.82, 2.24) is 5.32 Å². The molecule has 0 saturated carbocycles. The van der Waals surface area contributed by atoms with Crippen LogP contribution in [0.25, 0.3) is 0 Å². The third-order valence-corrected chi connectivity index (χ3v) is 2.52. The second-order valence-electron chi connectivity index (χ2n) is 2.44. The summed E-state index contributed by atoms with van der Waals surface area (Å²) in [6.07, 6.45) is 2.06. The van der Waals surface area contributed by atoms with E-state index in [2.05, 4.69) is 5.32 Å². The van der Waals surface area contributed by atoms with Crippen molar-refractivity contribution in [1.29, 1.82) is 0 Å². The summed E-state index contributed by atoms with van der Waals surface area (Å²) in [7, 11) is 1.94. The summed E-state index contributed by atoms with van der Waals surface area (Å²) in [5.41, 5.74) is 0. The summed E-state index contributed by atoms with van der Waals surface area (Å²) in [4.78, 5) is 1.10. The first-order valence-electron chi connectivity index (χ1n) is 3.74. The molecule has 1 aromatic heterocycles. The zero-order valence-corrected chi connectivity index (χ0v) is 7.45. The molecule has 0 bridgehead atoms. The molecule has 2 N–H and O–H groups in total. The van der Waals surface area contributed by atoms with Gasteiger partial charge in [0, 0.05) is 4.88 Å². The predicted octanol–water partition coefficient (Wildman–Crippen LogP) is 1.61. The van der Waals surface area contributed by atoms with Crippen LogP contribution in [-0.4, -0.2) is 18.7 Å². The van der Waals surface area contributed by atoms with Crippen LogP contribution in [-0.2, 0) is 6.42 Å². The average molecular weight is 171 g/mol. The van der Waals surface area contributed by atoms with Crippen LogP contribution in [0.1, 0.15) is 11.3 Å². The average Bonchev–Trinajstić information content (AvgIpc) is 2.37. The molecule has 0 aliphatic rings. The number of aromatic hydroxyl groups is 1. The third kappa shape index (κ3) is 2.52. The Morgan fingerprint density at radius 3 is 3.00 bits per heavy atom. The molecule has 1 rings (SSSR count). The van der Waals surface area contributed by atoms with Crippen LogP contribution in [0.5, 0.6) is 5.75 Å². The largest absolute Gasteiger partial charge is 0.507 e. The Labute approximate surface area is 70.9 Å². The highest BCUT2D eigenvalue weighted by Crippen LogP contribution is 2.23. The first-order chi connectivity index (χ1) is 5.34. The summed E-state index contributed by atoms with van der Waals surface area (Å²) < 4.78 is 0. The molecular weight excluding hydrogens is 158 g/mol. The molecule has 2 nitrogen and oxygen atoms in total. The molecule has 1 heterocycles. The fourth-order valence-corrected chi connectivity index (χ4v) is 1.76. The lowest BCUT2D eigenvalue weighted by molar-refractivity contribution is 0.470. The van der Waals surface area contributed by atoms with Gasteiger partial charge < -0.3 is 10.4 Å². The molecule has 0 aromatic carbocycles. The minimum Gasteiger partial charge on any atom is -0.507 e. The molecule has 0 amide bonds. The Hall–Kier alpha value is -0.540. The maximum Gasteiger partial charge on any atom is 0.129 e. The standard InChI is InChI=1S/C8H13NOS/c1-9-5-2-3-8-7(10)4-6-11-8/h4,6,9-10H,2-3,5H2,1H3. The van der Waals surface area contributed by atoms with Gasteiger partial charge in [-0.3, -0.25) is 0 Å². The van der Waals surface area contributed by atoms with Gasteiger partial charge in [0.15, 0.2) is 0 Å². The maximum absolute atomic E-state index is 9.24. The van der Waals surface area contributed by atoms with Gasteiger partial charge in [-0.15, -0.1) is 11.3 Å². The lowest BCUT2D eigenvalue weighted by Gasteiger charge is -1.97. The quantitative estimate of drug-likeness (QED) is 0.674. The number of hydrogen-bond acceptors (Lipinski definition) is 3. The molecule has 62 valence electrons. The lowest BCUT2D eigenvalue weighted by atomic mass is 10.2. The summed E-state index contributed by atoms with van der Waals surface area (Å²) in [5.74, 6) is 0.450. The molecule has 0 radical (unpaired) electrons. The van der Waals surface area contributed by atoms with Crippen molar-refractivity contribution in [2.75, 3.05) is 13.6 Å². The van der Waals surface area contributed by atoms with E-state index in [0.717, 1.165) is 24.3 Å². The van der Waals surface area contributed by atoms with Gasteiger partial charge in [0.05, 0.1) is 0 Å². The minimum atomic E-state index is 0.450. The number of hydrogen-bond donors (Lipinski definition) is 2. The Kier molecular flexibility index (Phi) is 3.39. The van der Waals surface area contributed by atoms with E-state index in [-0.39, 0.29) is 0 Å². The van der Waals surface area contributed by atoms with Crippen molar-refractivity contribution in [2.24, 2.45) is 0 Å². The summed E-state index contributed by atoms with van der Waals surface area (Å²) in [6.45, 7) is 1.01. The Balaban J connectivity index is 2.32. The normalized spacial score (nSPS) is 10.3. The zero-order chi connectivity index (χ0) is 8.10. The molecule has 0 spiro atoms. The van der Waals surface area contributed by atoms with E-state index in [1.54, 1.807) is 17.4 Å². The second kappa shape index (κ2) is 4.36. The number of rotatable bonds is 4. The molecular formula is C8H13NOS. The van der Waals surface area contributed by atoms with Crippen molar-refractivity contribution in [2.45, 2.75) is 12.8 Å². The van der Waals surface area contributed by atoms with Gasteiger partial charge in [0.2, 0.25) is 0 Å². The molecule has 11 heavy (non-hydrogen) atoms. The molecule has 0 atom stereocenters. The third-order valence-electron chi connectivity index (χ3n) is 1.55. The van der Waals surface area contributed by atoms with Crippen LogP contribution in [0.3, 0.4) is 0 Å². The number of nitrogens with one attached hydrogen (secondary N) is 1. The van der Waals surface area contributed by atoms with Crippen LogP contribution >= 0.6 is 11.3 Å². The molecule has 0 saturated heterocycles. The van der Waals surface area contributed by atoms with Gasteiger partial charge in [-0.2, -0.15) is 0 Å². The smallest absolute Gasteiger partial charge is 0.129 e. The first-order valence-corrected chi connectivity index (χ1v) is 4.62. The summed E-state index contributed by atoms with van der Waals surface area (Å²) in [5, 5.41) is 14.2. The van der Waals surface area contributed by atoms with Crippen LogP contribution < -0.4 is 5.32 Å². The van der Waals surface area contributed by atoms with Crippen LogP contribution in [0.4, 0.5) is 0 Å². The second-order valence-corrected chi connectivity index (χ2v) is 3.44. The van der Waals surface area contributed by atoms with Crippen LogP contribution in [0.15, 0.2) is 11.4 Å². The SMILES string of the molecule is CNCCCc1sccc1O. The van der Waals surface area contributed by atoms with E-state index >= 15 is 0 Å². The minimum absolute atomic E-state index is 0.450. The summed E-state index contributed by atoms with van der Waals surface area (Å²) >= 11 is 1.62. The predicted molar refractivity (Wildman–Crippen MR) is 48.2 cm³/mol. The number of aryl methyl sites for hydroxylation is 1. The van der Waals surface area contributed by atoms with Gasteiger partial charge in [-0.05, 0) is 37.9 Å². The van der Waals surface area contributed by atoms with E-state index < -0.39 is 0 Å². The van der Waals surface area contributed by atoms with Crippen molar-refractivity contribution >= 4 is 11.3 Å². The highest BCUT2D eigenvalue weighted by molar-refractivity contribution is 7.10. The van der Waals surface area contributed by atoms with Crippen molar-refractivity contribution in [3.8, 4) is 5.75 Å². The van der Waals surface area contributed by atoms with Gasteiger partial charge >= 0.3 is 0 Å². The summed E-state index contributed by atoms with van der Waals surface area (Å²) in [6, 6.07) is 1.75. The topological polar surface area (TPSA) is 32.3 Å². The monoisotopic (exact) mass is 171 g/mol. The number of thiophene rings is 1. The first kappa shape index (κ1) is 8.56. The molecule has 3 heteroatoms. The van der Waals surface area contributed by atoms with Crippen molar-refractivity contribution in [3.05, 3.63) is 16.3 Å². The lowest BCUT2D eigenvalue weighted by Crippen LogP contribution is -2.07. The highest BCUT2D eigenvalue weighted by atomic mass is 32.1. The molecule has 0 unspecified atom stereocenters. The van der Waals surface area contributed by atoms with Gasteiger partial charge in [-0.25, -0.2) is 0 Å². The Morgan fingerprint density at radius 2 is 2.45 bits per heavy atom. The molecule has 0 aliphatic carbocycles. The van der Waals surface area contributed by atoms with Crippen LogP contribution in [0, 0.1) is 0 Å². The fourth-order valence-electron chi connectivity index (χ4n) is 0.947.